The molecule has 4 aromatic rings. The van der Waals surface area contributed by atoms with Crippen LogP contribution in [0.4, 0.5) is 0 Å². The van der Waals surface area contributed by atoms with E-state index in [1.54, 1.807) is 0 Å². The standard InChI is InChI=1S/C21H17BrClN2/c22-18-9-5-16(6-10-18)13-24-15-25(21-4-2-1-3-20(21)24)14-17-7-11-19(23)12-8-17/h1-12,15H,13-14H2/q+1. The molecule has 2 nitrogen and oxygen atoms in total. The zero-order valence-electron chi connectivity index (χ0n) is 13.6. The van der Waals surface area contributed by atoms with Crippen molar-refractivity contribution in [2.75, 3.05) is 0 Å². The number of benzene rings is 3. The van der Waals surface area contributed by atoms with Gasteiger partial charge in [-0.1, -0.05) is 63.9 Å². The van der Waals surface area contributed by atoms with Crippen molar-refractivity contribution in [2.24, 2.45) is 0 Å². The van der Waals surface area contributed by atoms with Gasteiger partial charge in [0.15, 0.2) is 11.0 Å². The molecule has 1 aromatic heterocycles. The second-order valence-corrected chi connectivity index (χ2v) is 7.47. The summed E-state index contributed by atoms with van der Waals surface area (Å²) in [6.07, 6.45) is 2.20. The minimum Gasteiger partial charge on any atom is -0.226 e. The molecule has 4 rings (SSSR count). The highest BCUT2D eigenvalue weighted by molar-refractivity contribution is 9.10. The summed E-state index contributed by atoms with van der Waals surface area (Å²) in [5.74, 6) is 0. The maximum Gasteiger partial charge on any atom is 0.245 e. The molecule has 0 aliphatic heterocycles. The molecule has 0 aliphatic carbocycles. The Bertz CT molecular complexity index is 923. The Morgan fingerprint density at radius 2 is 1.52 bits per heavy atom. The summed E-state index contributed by atoms with van der Waals surface area (Å²) in [5, 5.41) is 0.770. The number of nitrogens with zero attached hydrogens (tertiary/aromatic N) is 2. The average Bonchev–Trinajstić information content (AvgIpc) is 2.97. The molecule has 0 unspecified atom stereocenters. The van der Waals surface area contributed by atoms with E-state index in [1.165, 1.54) is 22.2 Å². The second kappa shape index (κ2) is 7.03. The van der Waals surface area contributed by atoms with Gasteiger partial charge >= 0.3 is 0 Å². The van der Waals surface area contributed by atoms with E-state index >= 15 is 0 Å². The molecule has 3 aromatic carbocycles. The van der Waals surface area contributed by atoms with Crippen molar-refractivity contribution in [2.45, 2.75) is 13.1 Å². The van der Waals surface area contributed by atoms with Gasteiger partial charge in [-0.2, -0.15) is 0 Å². The van der Waals surface area contributed by atoms with Gasteiger partial charge in [-0.25, -0.2) is 9.13 Å². The number of aromatic nitrogens is 2. The maximum absolute atomic E-state index is 6.00. The number of imidazole rings is 1. The Balaban J connectivity index is 1.70. The van der Waals surface area contributed by atoms with Gasteiger partial charge in [-0.3, -0.25) is 0 Å². The first-order chi connectivity index (χ1) is 12.2. The molecule has 0 spiro atoms. The van der Waals surface area contributed by atoms with E-state index in [2.05, 4.69) is 92.1 Å². The third kappa shape index (κ3) is 3.63. The summed E-state index contributed by atoms with van der Waals surface area (Å²) in [6, 6.07) is 25.0. The molecule has 0 aliphatic rings. The van der Waals surface area contributed by atoms with Crippen molar-refractivity contribution in [3.05, 3.63) is 99.7 Å². The fraction of sp³-hybridized carbons (Fsp3) is 0.0952. The Labute approximate surface area is 160 Å². The molecule has 1 heterocycles. The Kier molecular flexibility index (Phi) is 4.60. The van der Waals surface area contributed by atoms with Crippen LogP contribution in [0.2, 0.25) is 5.02 Å². The zero-order chi connectivity index (χ0) is 17.2. The van der Waals surface area contributed by atoms with E-state index in [-0.39, 0.29) is 0 Å². The lowest BCUT2D eigenvalue weighted by molar-refractivity contribution is -0.663. The second-order valence-electron chi connectivity index (χ2n) is 6.11. The third-order valence-corrected chi connectivity index (χ3v) is 5.09. The van der Waals surface area contributed by atoms with Crippen LogP contribution in [-0.2, 0) is 13.1 Å². The monoisotopic (exact) mass is 411 g/mol. The molecule has 0 saturated carbocycles. The summed E-state index contributed by atoms with van der Waals surface area (Å²) in [4.78, 5) is 0. The first-order valence-corrected chi connectivity index (χ1v) is 9.32. The van der Waals surface area contributed by atoms with Crippen LogP contribution < -0.4 is 4.57 Å². The van der Waals surface area contributed by atoms with Crippen molar-refractivity contribution < 1.29 is 4.57 Å². The van der Waals surface area contributed by atoms with Gasteiger partial charge in [-0.05, 0) is 47.5 Å². The largest absolute Gasteiger partial charge is 0.245 e. The SMILES string of the molecule is Clc1ccc(Cn2c[n+](Cc3ccc(Br)cc3)c3ccccc32)cc1. The predicted octanol–water partition coefficient (Wildman–Crippen LogP) is 5.44. The first-order valence-electron chi connectivity index (χ1n) is 8.15. The summed E-state index contributed by atoms with van der Waals surface area (Å²) in [6.45, 7) is 1.67. The highest BCUT2D eigenvalue weighted by Crippen LogP contribution is 2.16. The summed E-state index contributed by atoms with van der Waals surface area (Å²) in [7, 11) is 0. The van der Waals surface area contributed by atoms with Crippen LogP contribution in [0.15, 0.2) is 83.6 Å². The summed E-state index contributed by atoms with van der Waals surface area (Å²) in [5.41, 5.74) is 4.98. The topological polar surface area (TPSA) is 8.81 Å². The quantitative estimate of drug-likeness (QED) is 0.395. The van der Waals surface area contributed by atoms with E-state index in [0.29, 0.717) is 0 Å². The van der Waals surface area contributed by atoms with Gasteiger partial charge in [0.05, 0.1) is 0 Å². The predicted molar refractivity (Wildman–Crippen MR) is 106 cm³/mol. The first kappa shape index (κ1) is 16.4. The van der Waals surface area contributed by atoms with Crippen molar-refractivity contribution in [3.63, 3.8) is 0 Å². The molecule has 25 heavy (non-hydrogen) atoms. The molecule has 0 N–H and O–H groups in total. The molecule has 0 atom stereocenters. The van der Waals surface area contributed by atoms with Gasteiger partial charge in [0, 0.05) is 9.50 Å². The van der Waals surface area contributed by atoms with Crippen molar-refractivity contribution in [1.82, 2.24) is 4.57 Å². The summed E-state index contributed by atoms with van der Waals surface area (Å²) < 4.78 is 5.69. The van der Waals surface area contributed by atoms with Crippen LogP contribution in [0, 0.1) is 0 Å². The molecule has 0 amide bonds. The molecule has 0 fully saturated rings. The average molecular weight is 413 g/mol. The van der Waals surface area contributed by atoms with Crippen LogP contribution in [-0.4, -0.2) is 4.57 Å². The smallest absolute Gasteiger partial charge is 0.226 e. The fourth-order valence-corrected chi connectivity index (χ4v) is 3.46. The van der Waals surface area contributed by atoms with Crippen LogP contribution in [0.3, 0.4) is 0 Å². The molecular weight excluding hydrogens is 396 g/mol. The zero-order valence-corrected chi connectivity index (χ0v) is 15.9. The van der Waals surface area contributed by atoms with Crippen LogP contribution >= 0.6 is 27.5 Å². The van der Waals surface area contributed by atoms with E-state index in [1.807, 2.05) is 12.1 Å². The molecular formula is C21H17BrClN2+. The van der Waals surface area contributed by atoms with Crippen molar-refractivity contribution >= 4 is 38.6 Å². The minimum absolute atomic E-state index is 0.770. The van der Waals surface area contributed by atoms with E-state index in [4.69, 9.17) is 11.6 Å². The van der Waals surface area contributed by atoms with Crippen LogP contribution in [0.25, 0.3) is 11.0 Å². The lowest BCUT2D eigenvalue weighted by Crippen LogP contribution is -2.32. The van der Waals surface area contributed by atoms with Gasteiger partial charge in [0.2, 0.25) is 6.33 Å². The Morgan fingerprint density at radius 1 is 0.840 bits per heavy atom. The minimum atomic E-state index is 0.770. The molecule has 0 bridgehead atoms. The maximum atomic E-state index is 6.00. The molecule has 0 saturated heterocycles. The van der Waals surface area contributed by atoms with Gasteiger partial charge in [-0.15, -0.1) is 0 Å². The summed E-state index contributed by atoms with van der Waals surface area (Å²) >= 11 is 9.50. The number of halogens is 2. The van der Waals surface area contributed by atoms with Gasteiger partial charge < -0.3 is 0 Å². The number of hydrogen-bond acceptors (Lipinski definition) is 0. The molecule has 4 heteroatoms. The number of hydrogen-bond donors (Lipinski definition) is 0. The fourth-order valence-electron chi connectivity index (χ4n) is 3.07. The number of para-hydroxylation sites is 2. The lowest BCUT2D eigenvalue weighted by Gasteiger charge is -1.99. The Morgan fingerprint density at radius 3 is 2.28 bits per heavy atom. The van der Waals surface area contributed by atoms with E-state index < -0.39 is 0 Å². The van der Waals surface area contributed by atoms with Crippen molar-refractivity contribution in [1.29, 1.82) is 0 Å². The van der Waals surface area contributed by atoms with Gasteiger partial charge in [0.1, 0.15) is 13.1 Å². The third-order valence-electron chi connectivity index (χ3n) is 4.31. The van der Waals surface area contributed by atoms with E-state index in [0.717, 1.165) is 22.6 Å². The Hall–Kier alpha value is -2.10. The number of rotatable bonds is 4. The lowest BCUT2D eigenvalue weighted by atomic mass is 10.2. The normalized spacial score (nSPS) is 11.1. The van der Waals surface area contributed by atoms with Crippen LogP contribution in [0.5, 0.6) is 0 Å². The highest BCUT2D eigenvalue weighted by Gasteiger charge is 2.15. The number of fused-ring (bicyclic) bond motifs is 1. The molecule has 0 radical (unpaired) electrons. The van der Waals surface area contributed by atoms with Crippen LogP contribution in [0.1, 0.15) is 11.1 Å². The van der Waals surface area contributed by atoms with Crippen molar-refractivity contribution in [3.8, 4) is 0 Å². The van der Waals surface area contributed by atoms with E-state index in [9.17, 15) is 0 Å². The molecule has 124 valence electrons. The van der Waals surface area contributed by atoms with Gasteiger partial charge in [0.25, 0.3) is 0 Å². The highest BCUT2D eigenvalue weighted by atomic mass is 79.9.